The fourth-order valence-corrected chi connectivity index (χ4v) is 3.70. The molecule has 0 aliphatic rings. The van der Waals surface area contributed by atoms with Crippen LogP contribution in [0.3, 0.4) is 0 Å². The van der Waals surface area contributed by atoms with E-state index in [-0.39, 0.29) is 0 Å². The predicted molar refractivity (Wildman–Crippen MR) is 87.1 cm³/mol. The molecule has 0 atom stereocenters. The first-order chi connectivity index (χ1) is 10.3. The zero-order valence-corrected chi connectivity index (χ0v) is 12.9. The van der Waals surface area contributed by atoms with E-state index >= 15 is 0 Å². The van der Waals surface area contributed by atoms with Crippen LogP contribution in [0.2, 0.25) is 0 Å². The fourth-order valence-electron chi connectivity index (χ4n) is 2.27. The van der Waals surface area contributed by atoms with Gasteiger partial charge in [-0.1, -0.05) is 12.1 Å². The fraction of sp³-hybridized carbons (Fsp3) is 0.125. The van der Waals surface area contributed by atoms with Crippen molar-refractivity contribution < 1.29 is 4.74 Å². The van der Waals surface area contributed by atoms with Gasteiger partial charge in [0.05, 0.1) is 19.9 Å². The Labute approximate surface area is 129 Å². The monoisotopic (exact) mass is 311 g/mol. The number of aromatic nitrogens is 2. The van der Waals surface area contributed by atoms with Gasteiger partial charge in [0, 0.05) is 0 Å². The summed E-state index contributed by atoms with van der Waals surface area (Å²) < 4.78 is 8.23. The molecule has 2 heterocycles. The normalized spacial score (nSPS) is 11.3. The smallest absolute Gasteiger partial charge is 0.153 e. The second-order valence-electron chi connectivity index (χ2n) is 4.73. The molecule has 5 heteroatoms. The molecule has 4 rings (SSSR count). The molecule has 2 aromatic heterocycles. The number of ether oxygens (including phenoxy) is 1. The SMILES string of the molecule is Cc1nc2cc(COc3cccc4s[c]nc34)ccc2s1. The van der Waals surface area contributed by atoms with Crippen molar-refractivity contribution in [1.82, 2.24) is 9.97 Å². The minimum Gasteiger partial charge on any atom is -0.487 e. The van der Waals surface area contributed by atoms with Gasteiger partial charge in [-0.05, 0) is 36.8 Å². The molecule has 3 nitrogen and oxygen atoms in total. The van der Waals surface area contributed by atoms with Crippen molar-refractivity contribution in [2.45, 2.75) is 13.5 Å². The molecule has 0 bridgehead atoms. The first-order valence-corrected chi connectivity index (χ1v) is 8.17. The Bertz CT molecular complexity index is 926. The highest BCUT2D eigenvalue weighted by Crippen LogP contribution is 2.28. The number of aryl methyl sites for hydroxylation is 1. The molecule has 0 unspecified atom stereocenters. The molecule has 0 fully saturated rings. The molecular formula is C16H11N2OS2. The summed E-state index contributed by atoms with van der Waals surface area (Å²) in [7, 11) is 0. The molecule has 0 aliphatic heterocycles. The van der Waals surface area contributed by atoms with Crippen LogP contribution in [0.5, 0.6) is 5.75 Å². The zero-order chi connectivity index (χ0) is 14.2. The molecule has 0 amide bonds. The van der Waals surface area contributed by atoms with Gasteiger partial charge in [-0.25, -0.2) is 9.97 Å². The van der Waals surface area contributed by atoms with Crippen LogP contribution in [0, 0.1) is 12.4 Å². The van der Waals surface area contributed by atoms with Crippen LogP contribution < -0.4 is 4.74 Å². The van der Waals surface area contributed by atoms with Crippen molar-refractivity contribution in [1.29, 1.82) is 0 Å². The number of rotatable bonds is 3. The molecule has 103 valence electrons. The summed E-state index contributed by atoms with van der Waals surface area (Å²) in [5.41, 5.74) is 5.94. The van der Waals surface area contributed by atoms with Crippen LogP contribution in [0.15, 0.2) is 36.4 Å². The largest absolute Gasteiger partial charge is 0.487 e. The van der Waals surface area contributed by atoms with Crippen LogP contribution in [-0.4, -0.2) is 9.97 Å². The molecule has 1 radical (unpaired) electrons. The number of hydrogen-bond acceptors (Lipinski definition) is 5. The number of hydrogen-bond donors (Lipinski definition) is 0. The Morgan fingerprint density at radius 1 is 1.19 bits per heavy atom. The first-order valence-electron chi connectivity index (χ1n) is 6.54. The summed E-state index contributed by atoms with van der Waals surface area (Å²) in [6, 6.07) is 12.2. The minimum absolute atomic E-state index is 0.517. The van der Waals surface area contributed by atoms with E-state index in [0.717, 1.165) is 32.1 Å². The lowest BCUT2D eigenvalue weighted by Crippen LogP contribution is -1.95. The van der Waals surface area contributed by atoms with Crippen LogP contribution in [0.4, 0.5) is 0 Å². The third-order valence-corrected chi connectivity index (χ3v) is 4.91. The Morgan fingerprint density at radius 2 is 2.14 bits per heavy atom. The van der Waals surface area contributed by atoms with Crippen molar-refractivity contribution >= 4 is 43.1 Å². The second-order valence-corrected chi connectivity index (χ2v) is 6.79. The average molecular weight is 311 g/mol. The van der Waals surface area contributed by atoms with Gasteiger partial charge < -0.3 is 4.74 Å². The summed E-state index contributed by atoms with van der Waals surface area (Å²) in [5, 5.41) is 1.09. The van der Waals surface area contributed by atoms with Crippen molar-refractivity contribution in [2.75, 3.05) is 0 Å². The lowest BCUT2D eigenvalue weighted by molar-refractivity contribution is 0.309. The number of thiazole rings is 2. The number of nitrogens with zero attached hydrogens (tertiary/aromatic N) is 2. The Balaban J connectivity index is 1.61. The molecule has 0 saturated heterocycles. The molecule has 0 aliphatic carbocycles. The van der Waals surface area contributed by atoms with Crippen LogP contribution in [-0.2, 0) is 6.61 Å². The van der Waals surface area contributed by atoms with Gasteiger partial charge in [-0.3, -0.25) is 0 Å². The Hall–Kier alpha value is -1.98. The summed E-state index contributed by atoms with van der Waals surface area (Å²) in [6.45, 7) is 2.55. The third kappa shape index (κ3) is 2.39. The topological polar surface area (TPSA) is 35.0 Å². The van der Waals surface area contributed by atoms with Crippen molar-refractivity contribution in [3.63, 3.8) is 0 Å². The van der Waals surface area contributed by atoms with E-state index in [1.54, 1.807) is 11.3 Å². The maximum absolute atomic E-state index is 5.92. The molecule has 0 N–H and O–H groups in total. The summed E-state index contributed by atoms with van der Waals surface area (Å²) in [5.74, 6) is 0.805. The quantitative estimate of drug-likeness (QED) is 0.555. The third-order valence-electron chi connectivity index (χ3n) is 3.23. The van der Waals surface area contributed by atoms with Gasteiger partial charge in [0.15, 0.2) is 5.51 Å². The van der Waals surface area contributed by atoms with E-state index in [2.05, 4.69) is 33.7 Å². The molecule has 2 aromatic carbocycles. The first kappa shape index (κ1) is 12.7. The van der Waals surface area contributed by atoms with Gasteiger partial charge in [-0.15, -0.1) is 22.7 Å². The lowest BCUT2D eigenvalue weighted by Gasteiger charge is -2.06. The van der Waals surface area contributed by atoms with Crippen molar-refractivity contribution in [3.05, 3.63) is 52.5 Å². The number of para-hydroxylation sites is 1. The van der Waals surface area contributed by atoms with Gasteiger partial charge in [0.2, 0.25) is 0 Å². The lowest BCUT2D eigenvalue weighted by atomic mass is 10.2. The van der Waals surface area contributed by atoms with E-state index in [4.69, 9.17) is 4.74 Å². The molecule has 21 heavy (non-hydrogen) atoms. The standard InChI is InChI=1S/C16H11N2OS2/c1-10-18-12-7-11(5-6-14(12)21-10)8-19-13-3-2-4-15-16(13)17-9-20-15/h2-7H,8H2,1H3. The molecular weight excluding hydrogens is 300 g/mol. The minimum atomic E-state index is 0.517. The van der Waals surface area contributed by atoms with Gasteiger partial charge in [-0.2, -0.15) is 0 Å². The maximum Gasteiger partial charge on any atom is 0.153 e. The van der Waals surface area contributed by atoms with Gasteiger partial charge >= 0.3 is 0 Å². The molecule has 4 aromatic rings. The van der Waals surface area contributed by atoms with Crippen LogP contribution >= 0.6 is 22.7 Å². The highest BCUT2D eigenvalue weighted by Gasteiger charge is 2.06. The molecule has 0 spiro atoms. The average Bonchev–Trinajstić information content (AvgIpc) is 3.09. The summed E-state index contributed by atoms with van der Waals surface area (Å²) in [4.78, 5) is 8.76. The zero-order valence-electron chi connectivity index (χ0n) is 11.3. The van der Waals surface area contributed by atoms with Crippen LogP contribution in [0.25, 0.3) is 20.4 Å². The van der Waals surface area contributed by atoms with E-state index < -0.39 is 0 Å². The van der Waals surface area contributed by atoms with E-state index in [0.29, 0.717) is 6.61 Å². The highest BCUT2D eigenvalue weighted by molar-refractivity contribution is 7.18. The number of benzene rings is 2. The van der Waals surface area contributed by atoms with E-state index in [9.17, 15) is 0 Å². The van der Waals surface area contributed by atoms with Gasteiger partial charge in [0.1, 0.15) is 17.9 Å². The van der Waals surface area contributed by atoms with Crippen molar-refractivity contribution in [2.24, 2.45) is 0 Å². The number of fused-ring (bicyclic) bond motifs is 2. The van der Waals surface area contributed by atoms with Gasteiger partial charge in [0.25, 0.3) is 0 Å². The molecule has 0 saturated carbocycles. The Morgan fingerprint density at radius 3 is 3.10 bits per heavy atom. The van der Waals surface area contributed by atoms with Crippen molar-refractivity contribution in [3.8, 4) is 5.75 Å². The van der Waals surface area contributed by atoms with Crippen LogP contribution in [0.1, 0.15) is 10.6 Å². The highest BCUT2D eigenvalue weighted by atomic mass is 32.1. The predicted octanol–water partition coefficient (Wildman–Crippen LogP) is 4.59. The second kappa shape index (κ2) is 5.09. The Kier molecular flexibility index (Phi) is 3.09. The maximum atomic E-state index is 5.92. The van der Waals surface area contributed by atoms with E-state index in [1.165, 1.54) is 16.0 Å². The van der Waals surface area contributed by atoms with E-state index in [1.807, 2.05) is 25.1 Å². The summed E-state index contributed by atoms with van der Waals surface area (Å²) in [6.07, 6.45) is 0. The summed E-state index contributed by atoms with van der Waals surface area (Å²) >= 11 is 3.22.